The molecule has 0 aliphatic rings. The number of hydrogen-bond acceptors (Lipinski definition) is 2. The van der Waals surface area contributed by atoms with E-state index in [-0.39, 0.29) is 18.1 Å². The van der Waals surface area contributed by atoms with Gasteiger partial charge in [0.05, 0.1) is 6.42 Å². The Balaban J connectivity index is 1.98. The number of hydrogen-bond donors (Lipinski definition) is 2. The smallest absolute Gasteiger partial charge is 0.221 e. The Morgan fingerprint density at radius 1 is 1.20 bits per heavy atom. The number of amides is 1. The molecule has 0 saturated heterocycles. The zero-order valence-corrected chi connectivity index (χ0v) is 12.3. The average Bonchev–Trinajstić information content (AvgIpc) is 2.39. The standard InChI is InChI=1S/C15H14BrFN2O/c16-14-8-12(17)4-3-11(14)9-19-13-5-1-10(2-6-13)7-15(18)20/h1-6,8,19H,7,9H2,(H2,18,20). The number of anilines is 1. The number of carbonyl (C=O) groups is 1. The number of nitrogens with two attached hydrogens (primary N) is 1. The fourth-order valence-corrected chi connectivity index (χ4v) is 2.30. The zero-order valence-electron chi connectivity index (χ0n) is 10.7. The van der Waals surface area contributed by atoms with Crippen molar-refractivity contribution in [1.29, 1.82) is 0 Å². The summed E-state index contributed by atoms with van der Waals surface area (Å²) >= 11 is 3.33. The third kappa shape index (κ3) is 4.06. The SMILES string of the molecule is NC(=O)Cc1ccc(NCc2ccc(F)cc2Br)cc1. The van der Waals surface area contributed by atoms with E-state index >= 15 is 0 Å². The van der Waals surface area contributed by atoms with Crippen LogP contribution in [0, 0.1) is 5.82 Å². The number of primary amides is 1. The number of carbonyl (C=O) groups excluding carboxylic acids is 1. The second-order valence-corrected chi connectivity index (χ2v) is 5.28. The van der Waals surface area contributed by atoms with Crippen LogP contribution in [-0.4, -0.2) is 5.91 Å². The van der Waals surface area contributed by atoms with Crippen molar-refractivity contribution < 1.29 is 9.18 Å². The summed E-state index contributed by atoms with van der Waals surface area (Å²) in [6.45, 7) is 0.579. The summed E-state index contributed by atoms with van der Waals surface area (Å²) in [6, 6.07) is 12.1. The summed E-state index contributed by atoms with van der Waals surface area (Å²) in [5, 5.41) is 3.23. The van der Waals surface area contributed by atoms with Crippen LogP contribution in [0.25, 0.3) is 0 Å². The van der Waals surface area contributed by atoms with Gasteiger partial charge in [0, 0.05) is 16.7 Å². The Morgan fingerprint density at radius 2 is 1.90 bits per heavy atom. The van der Waals surface area contributed by atoms with Crippen LogP contribution in [0.5, 0.6) is 0 Å². The van der Waals surface area contributed by atoms with Gasteiger partial charge >= 0.3 is 0 Å². The first-order chi connectivity index (χ1) is 9.54. The van der Waals surface area contributed by atoms with E-state index in [1.165, 1.54) is 12.1 Å². The maximum absolute atomic E-state index is 13.0. The van der Waals surface area contributed by atoms with Crippen LogP contribution in [0.15, 0.2) is 46.9 Å². The van der Waals surface area contributed by atoms with E-state index in [2.05, 4.69) is 21.2 Å². The van der Waals surface area contributed by atoms with Gasteiger partial charge in [-0.1, -0.05) is 34.1 Å². The molecule has 1 amide bonds. The molecule has 3 N–H and O–H groups in total. The van der Waals surface area contributed by atoms with Gasteiger partial charge in [-0.3, -0.25) is 4.79 Å². The number of benzene rings is 2. The van der Waals surface area contributed by atoms with Crippen LogP contribution < -0.4 is 11.1 Å². The zero-order chi connectivity index (χ0) is 14.5. The van der Waals surface area contributed by atoms with E-state index < -0.39 is 0 Å². The normalized spacial score (nSPS) is 10.3. The van der Waals surface area contributed by atoms with E-state index in [0.717, 1.165) is 21.3 Å². The van der Waals surface area contributed by atoms with Crippen molar-refractivity contribution >= 4 is 27.5 Å². The van der Waals surface area contributed by atoms with Gasteiger partial charge < -0.3 is 11.1 Å². The molecule has 0 aliphatic heterocycles. The molecule has 5 heteroatoms. The molecule has 3 nitrogen and oxygen atoms in total. The topological polar surface area (TPSA) is 55.1 Å². The van der Waals surface area contributed by atoms with Gasteiger partial charge in [0.1, 0.15) is 5.82 Å². The van der Waals surface area contributed by atoms with Crippen molar-refractivity contribution in [2.45, 2.75) is 13.0 Å². The highest BCUT2D eigenvalue weighted by Gasteiger charge is 2.02. The summed E-state index contributed by atoms with van der Waals surface area (Å²) in [6.07, 6.45) is 0.240. The molecule has 2 aromatic rings. The lowest BCUT2D eigenvalue weighted by atomic mass is 10.1. The summed E-state index contributed by atoms with van der Waals surface area (Å²) in [5.74, 6) is -0.614. The van der Waals surface area contributed by atoms with Crippen LogP contribution in [0.4, 0.5) is 10.1 Å². The molecule has 0 unspecified atom stereocenters. The van der Waals surface area contributed by atoms with Crippen molar-refractivity contribution in [3.63, 3.8) is 0 Å². The molecule has 0 aromatic heterocycles. The predicted octanol–water partition coefficient (Wildman–Crippen LogP) is 3.23. The second-order valence-electron chi connectivity index (χ2n) is 4.43. The number of halogens is 2. The largest absolute Gasteiger partial charge is 0.381 e. The van der Waals surface area contributed by atoms with Crippen molar-refractivity contribution in [3.05, 3.63) is 63.9 Å². The van der Waals surface area contributed by atoms with Gasteiger partial charge in [-0.15, -0.1) is 0 Å². The van der Waals surface area contributed by atoms with Crippen LogP contribution in [-0.2, 0) is 17.8 Å². The minimum Gasteiger partial charge on any atom is -0.381 e. The highest BCUT2D eigenvalue weighted by Crippen LogP contribution is 2.19. The maximum Gasteiger partial charge on any atom is 0.221 e. The second kappa shape index (κ2) is 6.52. The monoisotopic (exact) mass is 336 g/mol. The van der Waals surface area contributed by atoms with Crippen molar-refractivity contribution in [3.8, 4) is 0 Å². The van der Waals surface area contributed by atoms with Crippen LogP contribution in [0.2, 0.25) is 0 Å². The summed E-state index contributed by atoms with van der Waals surface area (Å²) in [4.78, 5) is 10.8. The lowest BCUT2D eigenvalue weighted by molar-refractivity contribution is -0.117. The molecule has 0 saturated carbocycles. The molecule has 104 valence electrons. The molecule has 20 heavy (non-hydrogen) atoms. The van der Waals surface area contributed by atoms with Gasteiger partial charge in [0.2, 0.25) is 5.91 Å². The van der Waals surface area contributed by atoms with Gasteiger partial charge in [-0.05, 0) is 35.4 Å². The molecule has 0 fully saturated rings. The maximum atomic E-state index is 13.0. The van der Waals surface area contributed by atoms with E-state index in [0.29, 0.717) is 6.54 Å². The molecule has 0 radical (unpaired) electrons. The Labute approximate surface area is 125 Å². The average molecular weight is 337 g/mol. The molecule has 2 aromatic carbocycles. The minimum absolute atomic E-state index is 0.240. The van der Waals surface area contributed by atoms with E-state index in [1.54, 1.807) is 6.07 Å². The van der Waals surface area contributed by atoms with Gasteiger partial charge in [-0.25, -0.2) is 4.39 Å². The lowest BCUT2D eigenvalue weighted by Gasteiger charge is -2.09. The summed E-state index contributed by atoms with van der Waals surface area (Å²) in [7, 11) is 0. The van der Waals surface area contributed by atoms with E-state index in [1.807, 2.05) is 24.3 Å². The minimum atomic E-state index is -0.346. The third-order valence-electron chi connectivity index (χ3n) is 2.83. The van der Waals surface area contributed by atoms with Crippen molar-refractivity contribution in [1.82, 2.24) is 0 Å². The molecule has 2 rings (SSSR count). The fourth-order valence-electron chi connectivity index (χ4n) is 1.80. The Hall–Kier alpha value is -1.88. The Kier molecular flexibility index (Phi) is 4.74. The molecule has 0 atom stereocenters. The molecule has 0 aliphatic carbocycles. The molecule has 0 spiro atoms. The summed E-state index contributed by atoms with van der Waals surface area (Å²) < 4.78 is 13.7. The highest BCUT2D eigenvalue weighted by molar-refractivity contribution is 9.10. The molecule has 0 bridgehead atoms. The van der Waals surface area contributed by atoms with Gasteiger partial charge in [0.15, 0.2) is 0 Å². The van der Waals surface area contributed by atoms with Gasteiger partial charge in [-0.2, -0.15) is 0 Å². The van der Waals surface area contributed by atoms with E-state index in [9.17, 15) is 9.18 Å². The third-order valence-corrected chi connectivity index (χ3v) is 3.57. The molecular weight excluding hydrogens is 323 g/mol. The molecular formula is C15H14BrFN2O. The van der Waals surface area contributed by atoms with Crippen molar-refractivity contribution in [2.75, 3.05) is 5.32 Å². The Bertz CT molecular complexity index is 614. The van der Waals surface area contributed by atoms with Crippen LogP contribution in [0.3, 0.4) is 0 Å². The van der Waals surface area contributed by atoms with Crippen LogP contribution >= 0.6 is 15.9 Å². The quantitative estimate of drug-likeness (QED) is 0.880. The first-order valence-corrected chi connectivity index (χ1v) is 6.89. The Morgan fingerprint density at radius 3 is 2.50 bits per heavy atom. The number of nitrogens with one attached hydrogen (secondary N) is 1. The number of rotatable bonds is 5. The highest BCUT2D eigenvalue weighted by atomic mass is 79.9. The lowest BCUT2D eigenvalue weighted by Crippen LogP contribution is -2.13. The van der Waals surface area contributed by atoms with E-state index in [4.69, 9.17) is 5.73 Å². The molecule has 0 heterocycles. The summed E-state index contributed by atoms with van der Waals surface area (Å²) in [5.41, 5.74) is 7.91. The first-order valence-electron chi connectivity index (χ1n) is 6.09. The first kappa shape index (κ1) is 14.5. The van der Waals surface area contributed by atoms with Crippen LogP contribution in [0.1, 0.15) is 11.1 Å². The fraction of sp³-hybridized carbons (Fsp3) is 0.133. The van der Waals surface area contributed by atoms with Crippen molar-refractivity contribution in [2.24, 2.45) is 5.73 Å². The van der Waals surface area contributed by atoms with Gasteiger partial charge in [0.25, 0.3) is 0 Å². The predicted molar refractivity (Wildman–Crippen MR) is 80.8 cm³/mol.